The Kier molecular flexibility index (Phi) is 5.59. The smallest absolute Gasteiger partial charge is 0.0815 e. The molecule has 0 aliphatic carbocycles. The van der Waals surface area contributed by atoms with Gasteiger partial charge in [-0.15, -0.1) is 0 Å². The maximum atomic E-state index is 6.15. The highest BCUT2D eigenvalue weighted by molar-refractivity contribution is 6.35. The van der Waals surface area contributed by atoms with Crippen molar-refractivity contribution in [3.05, 3.63) is 67.6 Å². The molecule has 0 N–H and O–H groups in total. The quantitative estimate of drug-likeness (QED) is 0.605. The van der Waals surface area contributed by atoms with Gasteiger partial charge in [0.1, 0.15) is 0 Å². The van der Waals surface area contributed by atoms with Gasteiger partial charge < -0.3 is 4.74 Å². The summed E-state index contributed by atoms with van der Waals surface area (Å²) in [5.74, 6) is 0. The predicted molar refractivity (Wildman–Crippen MR) is 86.1 cm³/mol. The van der Waals surface area contributed by atoms with Crippen molar-refractivity contribution in [2.75, 3.05) is 0 Å². The molecule has 106 valence electrons. The van der Waals surface area contributed by atoms with Crippen LogP contribution in [-0.2, 0) is 11.3 Å². The summed E-state index contributed by atoms with van der Waals surface area (Å²) in [5.41, 5.74) is 1.77. The summed E-state index contributed by atoms with van der Waals surface area (Å²) in [5, 5.41) is 2.39. The van der Waals surface area contributed by atoms with Crippen molar-refractivity contribution in [2.24, 2.45) is 0 Å². The fourth-order valence-electron chi connectivity index (χ4n) is 1.77. The van der Waals surface area contributed by atoms with E-state index in [1.807, 2.05) is 19.1 Å². The summed E-state index contributed by atoms with van der Waals surface area (Å²) >= 11 is 24.0. The Balaban J connectivity index is 2.06. The first kappa shape index (κ1) is 15.9. The predicted octanol–water partition coefficient (Wildman–Crippen LogP) is 6.58. The van der Waals surface area contributed by atoms with E-state index in [1.54, 1.807) is 24.3 Å². The lowest BCUT2D eigenvalue weighted by Crippen LogP contribution is -2.01. The summed E-state index contributed by atoms with van der Waals surface area (Å²) in [6.07, 6.45) is -0.161. The van der Waals surface area contributed by atoms with Gasteiger partial charge in [0.05, 0.1) is 12.7 Å². The van der Waals surface area contributed by atoms with E-state index in [-0.39, 0.29) is 6.10 Å². The van der Waals surface area contributed by atoms with Gasteiger partial charge in [0.15, 0.2) is 0 Å². The van der Waals surface area contributed by atoms with Gasteiger partial charge in [-0.1, -0.05) is 58.5 Å². The molecule has 0 aliphatic rings. The largest absolute Gasteiger partial charge is 0.369 e. The van der Waals surface area contributed by atoms with Crippen molar-refractivity contribution >= 4 is 46.4 Å². The van der Waals surface area contributed by atoms with Crippen molar-refractivity contribution in [1.82, 2.24) is 0 Å². The molecule has 0 spiro atoms. The third-order valence-corrected chi connectivity index (χ3v) is 4.05. The molecule has 20 heavy (non-hydrogen) atoms. The van der Waals surface area contributed by atoms with Crippen molar-refractivity contribution in [3.8, 4) is 0 Å². The monoisotopic (exact) mass is 348 g/mol. The Morgan fingerprint density at radius 1 is 0.900 bits per heavy atom. The number of ether oxygens (including phenoxy) is 1. The molecule has 2 rings (SSSR count). The molecule has 0 saturated carbocycles. The van der Waals surface area contributed by atoms with E-state index in [4.69, 9.17) is 51.1 Å². The zero-order chi connectivity index (χ0) is 14.7. The van der Waals surface area contributed by atoms with E-state index in [9.17, 15) is 0 Å². The van der Waals surface area contributed by atoms with Crippen LogP contribution in [0, 0.1) is 0 Å². The van der Waals surface area contributed by atoms with Crippen molar-refractivity contribution < 1.29 is 4.74 Å². The molecule has 5 heteroatoms. The second-order valence-electron chi connectivity index (χ2n) is 4.35. The fourth-order valence-corrected chi connectivity index (χ4v) is 2.80. The van der Waals surface area contributed by atoms with E-state index >= 15 is 0 Å². The SMILES string of the molecule is CC(OCc1ccc(Cl)cc1Cl)c1ccc(Cl)cc1Cl. The van der Waals surface area contributed by atoms with Crippen LogP contribution in [0.4, 0.5) is 0 Å². The topological polar surface area (TPSA) is 9.23 Å². The zero-order valence-corrected chi connectivity index (χ0v) is 13.7. The van der Waals surface area contributed by atoms with E-state index in [0.717, 1.165) is 11.1 Å². The average molecular weight is 350 g/mol. The fraction of sp³-hybridized carbons (Fsp3) is 0.200. The Morgan fingerprint density at radius 2 is 1.50 bits per heavy atom. The molecule has 1 atom stereocenters. The van der Waals surface area contributed by atoms with Gasteiger partial charge in [0.25, 0.3) is 0 Å². The van der Waals surface area contributed by atoms with Crippen LogP contribution >= 0.6 is 46.4 Å². The Morgan fingerprint density at radius 3 is 2.10 bits per heavy atom. The van der Waals surface area contributed by atoms with Crippen LogP contribution in [-0.4, -0.2) is 0 Å². The second-order valence-corrected chi connectivity index (χ2v) is 6.04. The third-order valence-electron chi connectivity index (χ3n) is 2.90. The van der Waals surface area contributed by atoms with Crippen LogP contribution in [0.1, 0.15) is 24.2 Å². The first-order valence-electron chi connectivity index (χ1n) is 5.98. The molecule has 2 aromatic rings. The number of rotatable bonds is 4. The molecule has 0 radical (unpaired) electrons. The minimum atomic E-state index is -0.161. The summed E-state index contributed by atoms with van der Waals surface area (Å²) in [6, 6.07) is 10.7. The highest BCUT2D eigenvalue weighted by atomic mass is 35.5. The molecule has 0 heterocycles. The first-order chi connectivity index (χ1) is 9.47. The molecule has 0 aliphatic heterocycles. The minimum Gasteiger partial charge on any atom is -0.369 e. The molecule has 2 aromatic carbocycles. The van der Waals surface area contributed by atoms with Gasteiger partial charge in [0.2, 0.25) is 0 Å². The van der Waals surface area contributed by atoms with Crippen LogP contribution in [0.25, 0.3) is 0 Å². The lowest BCUT2D eigenvalue weighted by Gasteiger charge is -2.16. The highest BCUT2D eigenvalue weighted by Gasteiger charge is 2.11. The van der Waals surface area contributed by atoms with Gasteiger partial charge >= 0.3 is 0 Å². The average Bonchev–Trinajstić information content (AvgIpc) is 2.37. The normalized spacial score (nSPS) is 12.4. The summed E-state index contributed by atoms with van der Waals surface area (Å²) in [4.78, 5) is 0. The number of hydrogen-bond acceptors (Lipinski definition) is 1. The number of benzene rings is 2. The van der Waals surface area contributed by atoms with E-state index in [0.29, 0.717) is 26.7 Å². The van der Waals surface area contributed by atoms with Crippen LogP contribution in [0.3, 0.4) is 0 Å². The summed E-state index contributed by atoms with van der Waals surface area (Å²) in [6.45, 7) is 2.31. The summed E-state index contributed by atoms with van der Waals surface area (Å²) < 4.78 is 5.80. The molecule has 0 aromatic heterocycles. The molecule has 0 saturated heterocycles. The zero-order valence-electron chi connectivity index (χ0n) is 10.7. The van der Waals surface area contributed by atoms with E-state index < -0.39 is 0 Å². The van der Waals surface area contributed by atoms with E-state index in [1.165, 1.54) is 0 Å². The van der Waals surface area contributed by atoms with Crippen LogP contribution in [0.2, 0.25) is 20.1 Å². The van der Waals surface area contributed by atoms with Gasteiger partial charge in [-0.3, -0.25) is 0 Å². The van der Waals surface area contributed by atoms with Crippen LogP contribution < -0.4 is 0 Å². The van der Waals surface area contributed by atoms with Crippen molar-refractivity contribution in [3.63, 3.8) is 0 Å². The first-order valence-corrected chi connectivity index (χ1v) is 7.49. The standard InChI is InChI=1S/C15H12Cl4O/c1-9(13-5-4-12(17)7-15(13)19)20-8-10-2-3-11(16)6-14(10)18/h2-7,9H,8H2,1H3. The highest BCUT2D eigenvalue weighted by Crippen LogP contribution is 2.30. The maximum absolute atomic E-state index is 6.15. The van der Waals surface area contributed by atoms with Crippen LogP contribution in [0.15, 0.2) is 36.4 Å². The second kappa shape index (κ2) is 7.02. The number of hydrogen-bond donors (Lipinski definition) is 0. The molecule has 1 nitrogen and oxygen atoms in total. The lowest BCUT2D eigenvalue weighted by atomic mass is 10.1. The number of halogens is 4. The Labute approximate surface area is 138 Å². The molecule has 1 unspecified atom stereocenters. The third kappa shape index (κ3) is 4.03. The van der Waals surface area contributed by atoms with Gasteiger partial charge in [-0.25, -0.2) is 0 Å². The lowest BCUT2D eigenvalue weighted by molar-refractivity contribution is 0.0527. The van der Waals surface area contributed by atoms with E-state index in [2.05, 4.69) is 0 Å². The Bertz CT molecular complexity index is 613. The minimum absolute atomic E-state index is 0.161. The summed E-state index contributed by atoms with van der Waals surface area (Å²) in [7, 11) is 0. The van der Waals surface area contributed by atoms with Gasteiger partial charge in [0, 0.05) is 20.1 Å². The van der Waals surface area contributed by atoms with Crippen molar-refractivity contribution in [1.29, 1.82) is 0 Å². The Hall–Kier alpha value is -0.440. The molecular formula is C15H12Cl4O. The van der Waals surface area contributed by atoms with Crippen LogP contribution in [0.5, 0.6) is 0 Å². The molecule has 0 amide bonds. The molecule has 0 bridgehead atoms. The van der Waals surface area contributed by atoms with Crippen molar-refractivity contribution in [2.45, 2.75) is 19.6 Å². The maximum Gasteiger partial charge on any atom is 0.0815 e. The molecule has 0 fully saturated rings. The van der Waals surface area contributed by atoms with Gasteiger partial charge in [-0.2, -0.15) is 0 Å². The molecular weight excluding hydrogens is 338 g/mol. The van der Waals surface area contributed by atoms with Gasteiger partial charge in [-0.05, 0) is 42.3 Å².